The second kappa shape index (κ2) is 3.76. The van der Waals surface area contributed by atoms with E-state index in [4.69, 9.17) is 16.4 Å². The highest BCUT2D eigenvalue weighted by Gasteiger charge is 2.54. The van der Waals surface area contributed by atoms with Gasteiger partial charge in [0.05, 0.1) is 11.1 Å². The predicted molar refractivity (Wildman–Crippen MR) is 68.2 cm³/mol. The first kappa shape index (κ1) is 11.1. The summed E-state index contributed by atoms with van der Waals surface area (Å²) in [5.41, 5.74) is 1.52. The summed E-state index contributed by atoms with van der Waals surface area (Å²) in [4.78, 5) is 5.63. The van der Waals surface area contributed by atoms with Crippen LogP contribution in [0.3, 0.4) is 0 Å². The van der Waals surface area contributed by atoms with E-state index in [-0.39, 0.29) is 6.04 Å². The molecule has 0 amide bonds. The third-order valence-corrected chi connectivity index (χ3v) is 3.98. The molecule has 0 bridgehead atoms. The number of benzene rings is 1. The summed E-state index contributed by atoms with van der Waals surface area (Å²) in [6.07, 6.45) is 2.82. The van der Waals surface area contributed by atoms with E-state index in [1.165, 1.54) is 5.56 Å². The maximum Gasteiger partial charge on any atom is 0.128 e. The number of nitrogens with zero attached hydrogens (tertiary/aromatic N) is 1. The summed E-state index contributed by atoms with van der Waals surface area (Å²) in [5, 5.41) is 2.80. The van der Waals surface area contributed by atoms with Gasteiger partial charge in [-0.05, 0) is 17.4 Å². The average Bonchev–Trinajstić information content (AvgIpc) is 2.78. The Bertz CT molecular complexity index is 455. The summed E-state index contributed by atoms with van der Waals surface area (Å²) >= 11 is 6.27. The van der Waals surface area contributed by atoms with Gasteiger partial charge in [0.15, 0.2) is 0 Å². The van der Waals surface area contributed by atoms with Crippen molar-refractivity contribution in [1.29, 1.82) is 0 Å². The molecular formula is C14H16ClNO. The zero-order chi connectivity index (χ0) is 12.0. The van der Waals surface area contributed by atoms with E-state index in [2.05, 4.69) is 26.0 Å². The van der Waals surface area contributed by atoms with Gasteiger partial charge in [-0.2, -0.15) is 0 Å². The SMILES string of the molecule is CC1(C)CC1N1OC=C(Cl)C1c1ccccc1. The molecule has 0 aromatic heterocycles. The summed E-state index contributed by atoms with van der Waals surface area (Å²) in [6.45, 7) is 4.52. The third kappa shape index (κ3) is 1.85. The minimum atomic E-state index is 0.0599. The Morgan fingerprint density at radius 3 is 2.53 bits per heavy atom. The maximum absolute atomic E-state index is 6.27. The average molecular weight is 250 g/mol. The number of hydrogen-bond acceptors (Lipinski definition) is 2. The first-order valence-electron chi connectivity index (χ1n) is 5.95. The van der Waals surface area contributed by atoms with Crippen molar-refractivity contribution >= 4 is 11.6 Å². The molecule has 1 aliphatic heterocycles. The van der Waals surface area contributed by atoms with E-state index in [9.17, 15) is 0 Å². The van der Waals surface area contributed by atoms with Crippen LogP contribution in [0.15, 0.2) is 41.6 Å². The second-order valence-corrected chi connectivity index (χ2v) is 5.93. The second-order valence-electron chi connectivity index (χ2n) is 5.49. The Labute approximate surface area is 107 Å². The fraction of sp³-hybridized carbons (Fsp3) is 0.429. The normalized spacial score (nSPS) is 30.9. The van der Waals surface area contributed by atoms with Crippen molar-refractivity contribution in [2.75, 3.05) is 0 Å². The van der Waals surface area contributed by atoms with Gasteiger partial charge in [-0.15, -0.1) is 5.06 Å². The van der Waals surface area contributed by atoms with Crippen LogP contribution < -0.4 is 0 Å². The molecule has 1 aromatic carbocycles. The quantitative estimate of drug-likeness (QED) is 0.789. The van der Waals surface area contributed by atoms with Crippen LogP contribution >= 0.6 is 11.6 Å². The molecule has 1 aromatic rings. The van der Waals surface area contributed by atoms with Crippen LogP contribution in [0.5, 0.6) is 0 Å². The van der Waals surface area contributed by atoms with E-state index in [0.717, 1.165) is 11.5 Å². The fourth-order valence-electron chi connectivity index (χ4n) is 2.43. The monoisotopic (exact) mass is 249 g/mol. The van der Waals surface area contributed by atoms with E-state index >= 15 is 0 Å². The van der Waals surface area contributed by atoms with Gasteiger partial charge in [0, 0.05) is 0 Å². The van der Waals surface area contributed by atoms with Crippen molar-refractivity contribution in [3.63, 3.8) is 0 Å². The first-order valence-corrected chi connectivity index (χ1v) is 6.33. The zero-order valence-electron chi connectivity index (χ0n) is 10.1. The van der Waals surface area contributed by atoms with Gasteiger partial charge in [-0.25, -0.2) is 0 Å². The molecule has 1 heterocycles. The number of halogens is 1. The van der Waals surface area contributed by atoms with Gasteiger partial charge in [0.1, 0.15) is 12.3 Å². The number of rotatable bonds is 2. The van der Waals surface area contributed by atoms with Crippen molar-refractivity contribution in [2.24, 2.45) is 5.41 Å². The van der Waals surface area contributed by atoms with Crippen molar-refractivity contribution in [3.8, 4) is 0 Å². The highest BCUT2D eigenvalue weighted by Crippen LogP contribution is 2.53. The Morgan fingerprint density at radius 2 is 1.94 bits per heavy atom. The van der Waals surface area contributed by atoms with Crippen molar-refractivity contribution in [3.05, 3.63) is 47.2 Å². The molecule has 1 aliphatic carbocycles. The predicted octanol–water partition coefficient (Wildman–Crippen LogP) is 3.85. The highest BCUT2D eigenvalue weighted by molar-refractivity contribution is 6.30. The van der Waals surface area contributed by atoms with E-state index in [1.807, 2.05) is 23.3 Å². The first-order chi connectivity index (χ1) is 8.09. The lowest BCUT2D eigenvalue weighted by Gasteiger charge is -2.25. The van der Waals surface area contributed by atoms with Crippen LogP contribution in [0.1, 0.15) is 31.9 Å². The van der Waals surface area contributed by atoms with Gasteiger partial charge in [-0.1, -0.05) is 55.8 Å². The van der Waals surface area contributed by atoms with E-state index in [0.29, 0.717) is 11.5 Å². The molecule has 1 fully saturated rings. The standard InChI is InChI=1S/C14H16ClNO/c1-14(2)8-12(14)16-13(11(15)9-17-16)10-6-4-3-5-7-10/h3-7,9,12-13H,8H2,1-2H3. The van der Waals surface area contributed by atoms with Gasteiger partial charge in [0.25, 0.3) is 0 Å². The summed E-state index contributed by atoms with van der Waals surface area (Å²) in [7, 11) is 0. The van der Waals surface area contributed by atoms with Gasteiger partial charge in [0.2, 0.25) is 0 Å². The van der Waals surface area contributed by atoms with Gasteiger partial charge >= 0.3 is 0 Å². The van der Waals surface area contributed by atoms with Crippen molar-refractivity contribution in [2.45, 2.75) is 32.4 Å². The molecule has 0 radical (unpaired) electrons. The largest absolute Gasteiger partial charge is 0.411 e. The third-order valence-electron chi connectivity index (χ3n) is 3.69. The smallest absolute Gasteiger partial charge is 0.128 e. The molecule has 2 nitrogen and oxygen atoms in total. The van der Waals surface area contributed by atoms with Crippen LogP contribution in [-0.4, -0.2) is 11.1 Å². The van der Waals surface area contributed by atoms with Crippen LogP contribution in [0.2, 0.25) is 0 Å². The van der Waals surface area contributed by atoms with Crippen molar-refractivity contribution in [1.82, 2.24) is 5.06 Å². The van der Waals surface area contributed by atoms with E-state index in [1.54, 1.807) is 6.26 Å². The molecule has 2 unspecified atom stereocenters. The molecule has 17 heavy (non-hydrogen) atoms. The lowest BCUT2D eigenvalue weighted by molar-refractivity contribution is -0.121. The Balaban J connectivity index is 1.88. The molecule has 3 rings (SSSR count). The minimum absolute atomic E-state index is 0.0599. The Kier molecular flexibility index (Phi) is 2.46. The number of hydroxylamine groups is 2. The highest BCUT2D eigenvalue weighted by atomic mass is 35.5. The lowest BCUT2D eigenvalue weighted by atomic mass is 10.1. The topological polar surface area (TPSA) is 12.5 Å². The molecule has 3 heteroatoms. The zero-order valence-corrected chi connectivity index (χ0v) is 10.8. The van der Waals surface area contributed by atoms with Crippen LogP contribution in [-0.2, 0) is 4.84 Å². The molecule has 90 valence electrons. The summed E-state index contributed by atoms with van der Waals surface area (Å²) < 4.78 is 0. The molecule has 0 N–H and O–H groups in total. The molecular weight excluding hydrogens is 234 g/mol. The Morgan fingerprint density at radius 1 is 1.29 bits per heavy atom. The van der Waals surface area contributed by atoms with Crippen LogP contribution in [0.4, 0.5) is 0 Å². The summed E-state index contributed by atoms with van der Waals surface area (Å²) in [6, 6.07) is 10.8. The maximum atomic E-state index is 6.27. The van der Waals surface area contributed by atoms with Gasteiger partial charge in [-0.3, -0.25) is 0 Å². The minimum Gasteiger partial charge on any atom is -0.411 e. The number of hydrogen-bond donors (Lipinski definition) is 0. The lowest BCUT2D eigenvalue weighted by Crippen LogP contribution is -2.28. The van der Waals surface area contributed by atoms with Gasteiger partial charge < -0.3 is 4.84 Å². The van der Waals surface area contributed by atoms with E-state index < -0.39 is 0 Å². The molecule has 2 atom stereocenters. The molecule has 0 spiro atoms. The van der Waals surface area contributed by atoms with Crippen LogP contribution in [0, 0.1) is 5.41 Å². The molecule has 0 saturated heterocycles. The fourth-order valence-corrected chi connectivity index (χ4v) is 2.69. The Hall–Kier alpha value is -0.990. The molecule has 2 aliphatic rings. The molecule has 1 saturated carbocycles. The van der Waals surface area contributed by atoms with Crippen molar-refractivity contribution < 1.29 is 4.84 Å². The van der Waals surface area contributed by atoms with Crippen LogP contribution in [0.25, 0.3) is 0 Å². The summed E-state index contributed by atoms with van der Waals surface area (Å²) in [5.74, 6) is 0.